The Kier molecular flexibility index (Phi) is 4.77. The number of hydrogen-bond acceptors (Lipinski definition) is 3. The summed E-state index contributed by atoms with van der Waals surface area (Å²) >= 11 is 0. The molecule has 2 amide bonds. The van der Waals surface area contributed by atoms with Crippen LogP contribution in [0.5, 0.6) is 0 Å². The molecule has 0 aromatic carbocycles. The number of carbonyl (C=O) groups is 2. The minimum atomic E-state index is -0.793. The lowest BCUT2D eigenvalue weighted by Crippen LogP contribution is -2.56. The molecule has 0 spiro atoms. The molecule has 1 atom stereocenters. The second-order valence-electron chi connectivity index (χ2n) is 5.60. The first-order valence-corrected chi connectivity index (χ1v) is 7.10. The molecule has 1 aliphatic rings. The van der Waals surface area contributed by atoms with Crippen LogP contribution in [0.2, 0.25) is 0 Å². The molecule has 0 saturated carbocycles. The van der Waals surface area contributed by atoms with Crippen LogP contribution in [0.3, 0.4) is 0 Å². The van der Waals surface area contributed by atoms with Gasteiger partial charge in [0.05, 0.1) is 5.92 Å². The molecule has 1 aromatic heterocycles. The van der Waals surface area contributed by atoms with E-state index in [9.17, 15) is 9.59 Å². The van der Waals surface area contributed by atoms with E-state index in [4.69, 9.17) is 5.11 Å². The summed E-state index contributed by atoms with van der Waals surface area (Å²) < 4.78 is 0. The first kappa shape index (κ1) is 15.3. The van der Waals surface area contributed by atoms with Gasteiger partial charge in [0.1, 0.15) is 0 Å². The molecule has 6 heteroatoms. The van der Waals surface area contributed by atoms with Gasteiger partial charge in [0.25, 0.3) is 0 Å². The van der Waals surface area contributed by atoms with E-state index in [2.05, 4.69) is 4.98 Å². The summed E-state index contributed by atoms with van der Waals surface area (Å²) in [5, 5.41) is 8.94. The molecule has 1 aromatic rings. The highest BCUT2D eigenvalue weighted by Crippen LogP contribution is 2.24. The van der Waals surface area contributed by atoms with Crippen LogP contribution in [0.15, 0.2) is 24.5 Å². The Balaban J connectivity index is 1.75. The van der Waals surface area contributed by atoms with Gasteiger partial charge in [-0.05, 0) is 24.1 Å². The summed E-state index contributed by atoms with van der Waals surface area (Å²) in [4.78, 5) is 30.4. The molecule has 1 saturated heterocycles. The maximum absolute atomic E-state index is 12.2. The van der Waals surface area contributed by atoms with Crippen LogP contribution < -0.4 is 0 Å². The van der Waals surface area contributed by atoms with Crippen molar-refractivity contribution in [1.82, 2.24) is 14.8 Å². The number of carboxylic acids is 1. The molecule has 0 aliphatic carbocycles. The SMILES string of the molecule is CC(C(=O)O)C1CN(C(=O)N(C)CCc2ccncc2)C1. The molecule has 2 rings (SSSR count). The van der Waals surface area contributed by atoms with E-state index in [1.54, 1.807) is 36.2 Å². The van der Waals surface area contributed by atoms with E-state index in [1.807, 2.05) is 12.1 Å². The highest BCUT2D eigenvalue weighted by molar-refractivity contribution is 5.76. The Morgan fingerprint density at radius 1 is 1.43 bits per heavy atom. The zero-order chi connectivity index (χ0) is 15.4. The predicted octanol–water partition coefficient (Wildman–Crippen LogP) is 1.33. The van der Waals surface area contributed by atoms with Crippen LogP contribution in [-0.4, -0.2) is 58.6 Å². The quantitative estimate of drug-likeness (QED) is 0.888. The van der Waals surface area contributed by atoms with Gasteiger partial charge in [-0.2, -0.15) is 0 Å². The highest BCUT2D eigenvalue weighted by Gasteiger charge is 2.38. The van der Waals surface area contributed by atoms with Crippen molar-refractivity contribution in [3.05, 3.63) is 30.1 Å². The maximum Gasteiger partial charge on any atom is 0.319 e. The fraction of sp³-hybridized carbons (Fsp3) is 0.533. The Labute approximate surface area is 124 Å². The lowest BCUT2D eigenvalue weighted by atomic mass is 9.87. The number of carbonyl (C=O) groups excluding carboxylic acids is 1. The van der Waals surface area contributed by atoms with Crippen LogP contribution in [-0.2, 0) is 11.2 Å². The molecule has 0 bridgehead atoms. The molecule has 1 N–H and O–H groups in total. The minimum Gasteiger partial charge on any atom is -0.481 e. The van der Waals surface area contributed by atoms with Crippen LogP contribution in [0.1, 0.15) is 12.5 Å². The number of nitrogens with zero attached hydrogens (tertiary/aromatic N) is 3. The number of pyridine rings is 1. The van der Waals surface area contributed by atoms with E-state index in [-0.39, 0.29) is 11.9 Å². The van der Waals surface area contributed by atoms with E-state index < -0.39 is 11.9 Å². The zero-order valence-electron chi connectivity index (χ0n) is 12.4. The largest absolute Gasteiger partial charge is 0.481 e. The third kappa shape index (κ3) is 3.71. The zero-order valence-corrected chi connectivity index (χ0v) is 12.4. The second-order valence-corrected chi connectivity index (χ2v) is 5.60. The first-order chi connectivity index (χ1) is 9.99. The van der Waals surface area contributed by atoms with Gasteiger partial charge in [-0.3, -0.25) is 9.78 Å². The Morgan fingerprint density at radius 3 is 2.62 bits per heavy atom. The molecule has 0 radical (unpaired) electrons. The van der Waals surface area contributed by atoms with Crippen LogP contribution in [0.25, 0.3) is 0 Å². The number of likely N-dealkylation sites (N-methyl/N-ethyl adjacent to an activating group) is 1. The van der Waals surface area contributed by atoms with Gasteiger partial charge in [-0.15, -0.1) is 0 Å². The number of rotatable bonds is 5. The van der Waals surface area contributed by atoms with Crippen molar-refractivity contribution >= 4 is 12.0 Å². The van der Waals surface area contributed by atoms with Gasteiger partial charge in [-0.25, -0.2) is 4.79 Å². The van der Waals surface area contributed by atoms with Crippen LogP contribution >= 0.6 is 0 Å². The monoisotopic (exact) mass is 291 g/mol. The summed E-state index contributed by atoms with van der Waals surface area (Å²) in [6.45, 7) is 3.40. The van der Waals surface area contributed by atoms with Crippen molar-refractivity contribution in [2.75, 3.05) is 26.7 Å². The number of likely N-dealkylation sites (tertiary alicyclic amines) is 1. The third-order valence-electron chi connectivity index (χ3n) is 4.09. The molecule has 1 aliphatic heterocycles. The van der Waals surface area contributed by atoms with Gasteiger partial charge < -0.3 is 14.9 Å². The number of hydrogen-bond donors (Lipinski definition) is 1. The molecule has 2 heterocycles. The Morgan fingerprint density at radius 2 is 2.05 bits per heavy atom. The van der Waals surface area contributed by atoms with E-state index in [0.29, 0.717) is 19.6 Å². The average molecular weight is 291 g/mol. The fourth-order valence-electron chi connectivity index (χ4n) is 2.37. The van der Waals surface area contributed by atoms with E-state index in [1.165, 1.54) is 0 Å². The standard InChI is InChI=1S/C15H21N3O3/c1-11(14(19)20)13-9-18(10-13)15(21)17(2)8-5-12-3-6-16-7-4-12/h3-4,6-7,11,13H,5,8-10H2,1-2H3,(H,19,20). The van der Waals surface area contributed by atoms with Gasteiger partial charge >= 0.3 is 12.0 Å². The Hall–Kier alpha value is -2.11. The number of carboxylic acid groups (broad SMARTS) is 1. The summed E-state index contributed by atoms with van der Waals surface area (Å²) in [5.41, 5.74) is 1.14. The van der Waals surface area contributed by atoms with Crippen molar-refractivity contribution in [3.8, 4) is 0 Å². The lowest BCUT2D eigenvalue weighted by Gasteiger charge is -2.42. The van der Waals surface area contributed by atoms with Crippen molar-refractivity contribution in [1.29, 1.82) is 0 Å². The molecular formula is C15H21N3O3. The smallest absolute Gasteiger partial charge is 0.319 e. The Bertz CT molecular complexity index is 500. The van der Waals surface area contributed by atoms with Crippen molar-refractivity contribution in [3.63, 3.8) is 0 Å². The maximum atomic E-state index is 12.2. The molecule has 114 valence electrons. The van der Waals surface area contributed by atoms with Crippen molar-refractivity contribution < 1.29 is 14.7 Å². The first-order valence-electron chi connectivity index (χ1n) is 7.10. The van der Waals surface area contributed by atoms with E-state index in [0.717, 1.165) is 12.0 Å². The molecule has 1 fully saturated rings. The summed E-state index contributed by atoms with van der Waals surface area (Å²) in [6.07, 6.45) is 4.27. The molecule has 6 nitrogen and oxygen atoms in total. The number of aliphatic carboxylic acids is 1. The lowest BCUT2D eigenvalue weighted by molar-refractivity contribution is -0.144. The normalized spacial score (nSPS) is 16.2. The van der Waals surface area contributed by atoms with Gasteiger partial charge in [0.15, 0.2) is 0 Å². The molecule has 21 heavy (non-hydrogen) atoms. The molecule has 1 unspecified atom stereocenters. The number of amides is 2. The highest BCUT2D eigenvalue weighted by atomic mass is 16.4. The minimum absolute atomic E-state index is 0.0297. The van der Waals surface area contributed by atoms with E-state index >= 15 is 0 Å². The fourth-order valence-corrected chi connectivity index (χ4v) is 2.37. The topological polar surface area (TPSA) is 73.7 Å². The summed E-state index contributed by atoms with van der Waals surface area (Å²) in [6, 6.07) is 3.84. The number of urea groups is 1. The van der Waals surface area contributed by atoms with Gasteiger partial charge in [0, 0.05) is 45.0 Å². The number of aromatic nitrogens is 1. The van der Waals surface area contributed by atoms with Gasteiger partial charge in [-0.1, -0.05) is 6.92 Å². The van der Waals surface area contributed by atoms with Crippen LogP contribution in [0.4, 0.5) is 4.79 Å². The second kappa shape index (κ2) is 6.56. The van der Waals surface area contributed by atoms with Gasteiger partial charge in [0.2, 0.25) is 0 Å². The van der Waals surface area contributed by atoms with Crippen molar-refractivity contribution in [2.45, 2.75) is 13.3 Å². The average Bonchev–Trinajstić information content (AvgIpc) is 2.43. The summed E-state index contributed by atoms with van der Waals surface area (Å²) in [7, 11) is 1.78. The summed E-state index contributed by atoms with van der Waals surface area (Å²) in [5.74, 6) is -1.12. The van der Waals surface area contributed by atoms with Crippen LogP contribution in [0, 0.1) is 11.8 Å². The molecular weight excluding hydrogens is 270 g/mol. The predicted molar refractivity (Wildman–Crippen MR) is 77.8 cm³/mol. The third-order valence-corrected chi connectivity index (χ3v) is 4.09. The van der Waals surface area contributed by atoms with Crippen molar-refractivity contribution in [2.24, 2.45) is 11.8 Å².